The van der Waals surface area contributed by atoms with Crippen molar-refractivity contribution >= 4 is 34.1 Å². The van der Waals surface area contributed by atoms with E-state index in [1.54, 1.807) is 13.0 Å². The lowest BCUT2D eigenvalue weighted by Gasteiger charge is -2.34. The maximum Gasteiger partial charge on any atom is 0.433 e. The van der Waals surface area contributed by atoms with Crippen LogP contribution in [-0.4, -0.2) is 32.9 Å². The average molecular weight is 545 g/mol. The highest BCUT2D eigenvalue weighted by Crippen LogP contribution is 2.36. The predicted octanol–water partition coefficient (Wildman–Crippen LogP) is 5.75. The van der Waals surface area contributed by atoms with E-state index in [-0.39, 0.29) is 28.7 Å². The predicted molar refractivity (Wildman–Crippen MR) is 129 cm³/mol. The number of nitrogens with zero attached hydrogens (tertiary/aromatic N) is 3. The van der Waals surface area contributed by atoms with Crippen LogP contribution in [0.1, 0.15) is 60.8 Å². The van der Waals surface area contributed by atoms with Crippen molar-refractivity contribution in [3.8, 4) is 0 Å². The molecule has 2 heterocycles. The first-order chi connectivity index (χ1) is 17.5. The summed E-state index contributed by atoms with van der Waals surface area (Å²) in [6.45, 7) is 2.03. The van der Waals surface area contributed by atoms with Gasteiger partial charge in [-0.3, -0.25) is 9.48 Å². The Labute approximate surface area is 214 Å². The molecule has 2 unspecified atom stereocenters. The normalized spacial score (nSPS) is 19.3. The third kappa shape index (κ3) is 6.12. The van der Waals surface area contributed by atoms with Crippen LogP contribution < -0.4 is 16.4 Å². The summed E-state index contributed by atoms with van der Waals surface area (Å²) in [4.78, 5) is 16.4. The van der Waals surface area contributed by atoms with E-state index in [0.717, 1.165) is 6.07 Å². The van der Waals surface area contributed by atoms with Crippen molar-refractivity contribution < 1.29 is 26.7 Å². The molecule has 1 aliphatic carbocycles. The molecule has 1 saturated carbocycles. The number of nitrogens with two attached hydrogens (primary N) is 1. The molecule has 1 fully saturated rings. The summed E-state index contributed by atoms with van der Waals surface area (Å²) in [7, 11) is 0. The molecule has 0 radical (unpaired) electrons. The number of aryl methyl sites for hydroxylation is 1. The Kier molecular flexibility index (Phi) is 7.88. The zero-order valence-corrected chi connectivity index (χ0v) is 20.6. The van der Waals surface area contributed by atoms with E-state index in [1.807, 2.05) is 0 Å². The van der Waals surface area contributed by atoms with Gasteiger partial charge in [0.15, 0.2) is 0 Å². The van der Waals surface area contributed by atoms with E-state index in [2.05, 4.69) is 20.7 Å². The third-order valence-electron chi connectivity index (χ3n) is 6.51. The van der Waals surface area contributed by atoms with Gasteiger partial charge in [-0.1, -0.05) is 18.0 Å². The zero-order chi connectivity index (χ0) is 26.9. The highest BCUT2D eigenvalue weighted by atomic mass is 35.5. The van der Waals surface area contributed by atoms with Crippen molar-refractivity contribution in [1.82, 2.24) is 20.1 Å². The molecular formula is C24H26ClF5N6O. The zero-order valence-electron chi connectivity index (χ0n) is 19.8. The van der Waals surface area contributed by atoms with Crippen molar-refractivity contribution in [2.24, 2.45) is 11.7 Å². The summed E-state index contributed by atoms with van der Waals surface area (Å²) in [6.07, 6.45) is -4.66. The number of anilines is 1. The largest absolute Gasteiger partial charge is 0.433 e. The lowest BCUT2D eigenvalue weighted by Crippen LogP contribution is -2.49. The van der Waals surface area contributed by atoms with Crippen LogP contribution in [0.3, 0.4) is 0 Å². The molecule has 4 N–H and O–H groups in total. The third-order valence-corrected chi connectivity index (χ3v) is 6.74. The highest BCUT2D eigenvalue weighted by Gasteiger charge is 2.34. The molecule has 37 heavy (non-hydrogen) atoms. The molecule has 0 bridgehead atoms. The maximum atomic E-state index is 13.5. The number of fused-ring (bicyclic) bond motifs is 1. The number of rotatable bonds is 7. The highest BCUT2D eigenvalue weighted by molar-refractivity contribution is 6.31. The number of alkyl halides is 5. The van der Waals surface area contributed by atoms with Crippen molar-refractivity contribution in [3.05, 3.63) is 52.4 Å². The van der Waals surface area contributed by atoms with Crippen LogP contribution >= 0.6 is 11.6 Å². The smallest absolute Gasteiger partial charge is 0.382 e. The number of amides is 1. The second-order valence-corrected chi connectivity index (χ2v) is 9.50. The van der Waals surface area contributed by atoms with Gasteiger partial charge in [0, 0.05) is 34.9 Å². The van der Waals surface area contributed by atoms with Gasteiger partial charge in [-0.15, -0.1) is 0 Å². The fraction of sp³-hybridized carbons (Fsp3) is 0.458. The maximum absolute atomic E-state index is 13.5. The van der Waals surface area contributed by atoms with Crippen LogP contribution in [0.2, 0.25) is 5.02 Å². The van der Waals surface area contributed by atoms with Crippen molar-refractivity contribution in [1.29, 1.82) is 0 Å². The first-order valence-electron chi connectivity index (χ1n) is 11.8. The topological polar surface area (TPSA) is 97.9 Å². The number of nitrogens with one attached hydrogen (secondary N) is 2. The molecule has 4 rings (SSSR count). The average Bonchev–Trinajstić information content (AvgIpc) is 3.29. The Morgan fingerprint density at radius 1 is 1.27 bits per heavy atom. The minimum Gasteiger partial charge on any atom is -0.382 e. The SMILES string of the molecule is CCn1cc(C(=O)NC(N)C2CCC[C@H](Nc3cc(C(F)(F)F)nc4ccc(Cl)cc34)C2)c(C(F)F)n1. The molecule has 1 aliphatic rings. The van der Waals surface area contributed by atoms with E-state index < -0.39 is 36.1 Å². The van der Waals surface area contributed by atoms with Gasteiger partial charge in [0.1, 0.15) is 11.4 Å². The van der Waals surface area contributed by atoms with Gasteiger partial charge in [0.05, 0.1) is 17.2 Å². The van der Waals surface area contributed by atoms with Crippen LogP contribution in [0.25, 0.3) is 10.9 Å². The minimum atomic E-state index is -4.63. The molecule has 7 nitrogen and oxygen atoms in total. The Morgan fingerprint density at radius 3 is 2.70 bits per heavy atom. The molecule has 1 amide bonds. The van der Waals surface area contributed by atoms with E-state index in [1.165, 1.54) is 23.0 Å². The summed E-state index contributed by atoms with van der Waals surface area (Å²) in [5.74, 6) is -0.979. The van der Waals surface area contributed by atoms with E-state index in [4.69, 9.17) is 17.3 Å². The van der Waals surface area contributed by atoms with Crippen LogP contribution in [0.15, 0.2) is 30.5 Å². The first kappa shape index (κ1) is 27.1. The fourth-order valence-corrected chi connectivity index (χ4v) is 4.82. The number of pyridine rings is 1. The molecule has 3 aromatic rings. The molecule has 2 aromatic heterocycles. The van der Waals surface area contributed by atoms with Gasteiger partial charge in [-0.05, 0) is 56.4 Å². The Bertz CT molecular complexity index is 1280. The second-order valence-electron chi connectivity index (χ2n) is 9.07. The number of carbonyl (C=O) groups excluding carboxylic acids is 1. The summed E-state index contributed by atoms with van der Waals surface area (Å²) < 4.78 is 68.3. The lowest BCUT2D eigenvalue weighted by molar-refractivity contribution is -0.140. The fourth-order valence-electron chi connectivity index (χ4n) is 4.65. The van der Waals surface area contributed by atoms with Gasteiger partial charge in [0.25, 0.3) is 12.3 Å². The van der Waals surface area contributed by atoms with Crippen LogP contribution in [-0.2, 0) is 12.7 Å². The first-order valence-corrected chi connectivity index (χ1v) is 12.2. The van der Waals surface area contributed by atoms with Crippen LogP contribution in [0.5, 0.6) is 0 Å². The molecule has 0 spiro atoms. The molecule has 13 heteroatoms. The standard InChI is InChI=1S/C24H26ClF5N6O/c1-2-36-11-16(20(35-36)21(26)27)23(37)34-22(31)12-4-3-5-14(8-12)32-18-10-19(24(28,29)30)33-17-7-6-13(25)9-15(17)18/h6-7,9-12,14,21-22H,2-5,8,31H2,1H3,(H,32,33)(H,34,37)/t12?,14-,22?/m0/s1. The molecule has 0 aliphatic heterocycles. The van der Waals surface area contributed by atoms with Crippen LogP contribution in [0, 0.1) is 5.92 Å². The number of halogens is 6. The molecule has 0 saturated heterocycles. The van der Waals surface area contributed by atoms with Crippen molar-refractivity contribution in [2.45, 2.75) is 64.0 Å². The summed E-state index contributed by atoms with van der Waals surface area (Å²) in [6, 6.07) is 5.17. The van der Waals surface area contributed by atoms with Gasteiger partial charge >= 0.3 is 6.18 Å². The minimum absolute atomic E-state index is 0.153. The van der Waals surface area contributed by atoms with Gasteiger partial charge in [-0.2, -0.15) is 18.3 Å². The quantitative estimate of drug-likeness (QED) is 0.260. The van der Waals surface area contributed by atoms with Crippen molar-refractivity contribution in [3.63, 3.8) is 0 Å². The van der Waals surface area contributed by atoms with Gasteiger partial charge < -0.3 is 16.4 Å². The number of hydrogen-bond donors (Lipinski definition) is 3. The monoisotopic (exact) mass is 544 g/mol. The van der Waals surface area contributed by atoms with E-state index >= 15 is 0 Å². The van der Waals surface area contributed by atoms with Crippen molar-refractivity contribution in [2.75, 3.05) is 5.32 Å². The molecular weight excluding hydrogens is 519 g/mol. The lowest BCUT2D eigenvalue weighted by atomic mass is 9.83. The molecule has 1 aromatic carbocycles. The van der Waals surface area contributed by atoms with Crippen LogP contribution in [0.4, 0.5) is 27.6 Å². The van der Waals surface area contributed by atoms with E-state index in [9.17, 15) is 26.7 Å². The van der Waals surface area contributed by atoms with E-state index in [0.29, 0.717) is 42.6 Å². The number of hydrogen-bond acceptors (Lipinski definition) is 5. The Hall–Kier alpha value is -2.99. The summed E-state index contributed by atoms with van der Waals surface area (Å²) in [5, 5.41) is 10.3. The van der Waals surface area contributed by atoms with Gasteiger partial charge in [-0.25, -0.2) is 13.8 Å². The molecule has 200 valence electrons. The molecule has 3 atom stereocenters. The number of benzene rings is 1. The Morgan fingerprint density at radius 2 is 2.03 bits per heavy atom. The number of aromatic nitrogens is 3. The summed E-state index contributed by atoms with van der Waals surface area (Å²) in [5.41, 5.74) is 4.77. The number of carbonyl (C=O) groups is 1. The second kappa shape index (κ2) is 10.8. The van der Waals surface area contributed by atoms with Gasteiger partial charge in [0.2, 0.25) is 0 Å². The Balaban J connectivity index is 1.50. The summed E-state index contributed by atoms with van der Waals surface area (Å²) >= 11 is 6.08.